The monoisotopic (exact) mass is 324 g/mol. The number of benzene rings is 1. The predicted molar refractivity (Wildman–Crippen MR) is 89.3 cm³/mol. The third-order valence-corrected chi connectivity index (χ3v) is 4.88. The molecule has 1 fully saturated rings. The molecule has 1 unspecified atom stereocenters. The molecule has 0 aromatic heterocycles. The van der Waals surface area contributed by atoms with Gasteiger partial charge >= 0.3 is 0 Å². The van der Waals surface area contributed by atoms with Crippen molar-refractivity contribution in [3.05, 3.63) is 34.9 Å². The molecule has 0 radical (unpaired) electrons. The maximum Gasteiger partial charge on any atom is 0.250 e. The van der Waals surface area contributed by atoms with E-state index in [4.69, 9.17) is 16.3 Å². The Morgan fingerprint density at radius 1 is 1.36 bits per heavy atom. The molecular formula is C17H25ClN2O2. The van der Waals surface area contributed by atoms with Gasteiger partial charge in [-0.1, -0.05) is 37.6 Å². The molecule has 5 heteroatoms. The fourth-order valence-corrected chi connectivity index (χ4v) is 3.04. The molecule has 2 rings (SSSR count). The van der Waals surface area contributed by atoms with Crippen molar-refractivity contribution < 1.29 is 9.53 Å². The first kappa shape index (κ1) is 17.3. The second-order valence-electron chi connectivity index (χ2n) is 5.78. The average Bonchev–Trinajstić information content (AvgIpc) is 2.58. The van der Waals surface area contributed by atoms with Crippen LogP contribution in [0.3, 0.4) is 0 Å². The van der Waals surface area contributed by atoms with Gasteiger partial charge in [-0.2, -0.15) is 0 Å². The van der Waals surface area contributed by atoms with E-state index in [0.717, 1.165) is 24.4 Å². The second kappa shape index (κ2) is 7.95. The molecule has 1 aliphatic rings. The quantitative estimate of drug-likeness (QED) is 0.845. The largest absolute Gasteiger partial charge is 0.366 e. The maximum atomic E-state index is 12.3. The fourth-order valence-electron chi connectivity index (χ4n) is 2.92. The molecule has 0 saturated carbocycles. The fraction of sp³-hybridized carbons (Fsp3) is 0.588. The second-order valence-corrected chi connectivity index (χ2v) is 6.21. The Morgan fingerprint density at radius 3 is 2.59 bits per heavy atom. The van der Waals surface area contributed by atoms with Crippen LogP contribution in [0.4, 0.5) is 0 Å². The van der Waals surface area contributed by atoms with Crippen molar-refractivity contribution in [2.75, 3.05) is 26.2 Å². The van der Waals surface area contributed by atoms with Crippen LogP contribution in [0.1, 0.15) is 32.3 Å². The van der Waals surface area contributed by atoms with Gasteiger partial charge in [-0.25, -0.2) is 0 Å². The van der Waals surface area contributed by atoms with Gasteiger partial charge in [0.2, 0.25) is 5.91 Å². The number of amides is 1. The molecule has 122 valence electrons. The minimum atomic E-state index is -0.384. The Morgan fingerprint density at radius 2 is 2.05 bits per heavy atom. The number of carbonyl (C=O) groups is 1. The smallest absolute Gasteiger partial charge is 0.250 e. The first-order chi connectivity index (χ1) is 10.6. The van der Waals surface area contributed by atoms with E-state index in [0.29, 0.717) is 19.7 Å². The molecular weight excluding hydrogens is 300 g/mol. The number of rotatable bonds is 6. The number of morpholine rings is 1. The van der Waals surface area contributed by atoms with Crippen molar-refractivity contribution in [1.82, 2.24) is 10.6 Å². The van der Waals surface area contributed by atoms with E-state index in [2.05, 4.69) is 36.6 Å². The topological polar surface area (TPSA) is 50.4 Å². The number of hydrogen-bond acceptors (Lipinski definition) is 3. The van der Waals surface area contributed by atoms with E-state index < -0.39 is 0 Å². The summed E-state index contributed by atoms with van der Waals surface area (Å²) >= 11 is 5.98. The van der Waals surface area contributed by atoms with Crippen molar-refractivity contribution in [1.29, 1.82) is 0 Å². The van der Waals surface area contributed by atoms with E-state index in [1.165, 1.54) is 5.56 Å². The summed E-state index contributed by atoms with van der Waals surface area (Å²) in [6, 6.07) is 7.93. The minimum absolute atomic E-state index is 0.0348. The van der Waals surface area contributed by atoms with E-state index in [9.17, 15) is 4.79 Å². The van der Waals surface area contributed by atoms with Gasteiger partial charge in [0.05, 0.1) is 6.61 Å². The third kappa shape index (κ3) is 4.00. The molecule has 1 heterocycles. The van der Waals surface area contributed by atoms with Gasteiger partial charge in [-0.15, -0.1) is 0 Å². The third-order valence-electron chi connectivity index (χ3n) is 4.63. The summed E-state index contributed by atoms with van der Waals surface area (Å²) in [5.41, 5.74) is 1.15. The Bertz CT molecular complexity index is 480. The Balaban J connectivity index is 2.04. The summed E-state index contributed by atoms with van der Waals surface area (Å²) < 4.78 is 5.50. The summed E-state index contributed by atoms with van der Waals surface area (Å²) in [7, 11) is 0. The van der Waals surface area contributed by atoms with Crippen LogP contribution in [0.2, 0.25) is 5.02 Å². The molecule has 22 heavy (non-hydrogen) atoms. The van der Waals surface area contributed by atoms with Gasteiger partial charge in [0, 0.05) is 30.1 Å². The van der Waals surface area contributed by atoms with Crippen molar-refractivity contribution in [3.63, 3.8) is 0 Å². The summed E-state index contributed by atoms with van der Waals surface area (Å²) in [4.78, 5) is 12.3. The van der Waals surface area contributed by atoms with Crippen LogP contribution < -0.4 is 10.6 Å². The van der Waals surface area contributed by atoms with Gasteiger partial charge in [0.1, 0.15) is 6.10 Å². The van der Waals surface area contributed by atoms with Crippen LogP contribution in [0, 0.1) is 0 Å². The molecule has 4 nitrogen and oxygen atoms in total. The number of nitrogens with one attached hydrogen (secondary N) is 2. The van der Waals surface area contributed by atoms with Crippen LogP contribution in [0.25, 0.3) is 0 Å². The average molecular weight is 325 g/mol. The minimum Gasteiger partial charge on any atom is -0.366 e. The van der Waals surface area contributed by atoms with Gasteiger partial charge in [-0.3, -0.25) is 4.79 Å². The van der Waals surface area contributed by atoms with Gasteiger partial charge in [0.25, 0.3) is 0 Å². The summed E-state index contributed by atoms with van der Waals surface area (Å²) in [5, 5.41) is 6.98. The molecule has 1 atom stereocenters. The summed E-state index contributed by atoms with van der Waals surface area (Å²) in [5.74, 6) is -0.0348. The molecule has 1 aromatic carbocycles. The molecule has 1 amide bonds. The zero-order valence-corrected chi connectivity index (χ0v) is 14.1. The van der Waals surface area contributed by atoms with Crippen LogP contribution in [-0.2, 0) is 14.9 Å². The van der Waals surface area contributed by atoms with Crippen LogP contribution >= 0.6 is 11.6 Å². The number of ether oxygens (including phenoxy) is 1. The van der Waals surface area contributed by atoms with Crippen LogP contribution in [0.5, 0.6) is 0 Å². The lowest BCUT2D eigenvalue weighted by Gasteiger charge is -2.33. The first-order valence-electron chi connectivity index (χ1n) is 7.97. The SMILES string of the molecule is CCC(CC)(CNC(=O)C1CNCCO1)c1ccc(Cl)cc1. The molecule has 2 N–H and O–H groups in total. The first-order valence-corrected chi connectivity index (χ1v) is 8.35. The summed E-state index contributed by atoms with van der Waals surface area (Å²) in [6.07, 6.45) is 1.52. The lowest BCUT2D eigenvalue weighted by Crippen LogP contribution is -2.50. The highest BCUT2D eigenvalue weighted by molar-refractivity contribution is 6.30. The predicted octanol–water partition coefficient (Wildman–Crippen LogP) is 2.50. The van der Waals surface area contributed by atoms with Crippen molar-refractivity contribution in [2.24, 2.45) is 0 Å². The van der Waals surface area contributed by atoms with Crippen LogP contribution in [-0.4, -0.2) is 38.3 Å². The zero-order chi connectivity index (χ0) is 16.0. The lowest BCUT2D eigenvalue weighted by molar-refractivity contribution is -0.134. The maximum absolute atomic E-state index is 12.3. The van der Waals surface area contributed by atoms with Crippen molar-refractivity contribution in [3.8, 4) is 0 Å². The Hall–Kier alpha value is -1.10. The molecule has 1 aromatic rings. The number of carbonyl (C=O) groups excluding carboxylic acids is 1. The van der Waals surface area contributed by atoms with E-state index in [1.807, 2.05) is 12.1 Å². The molecule has 1 aliphatic heterocycles. The van der Waals surface area contributed by atoms with Crippen molar-refractivity contribution in [2.45, 2.75) is 38.2 Å². The standard InChI is InChI=1S/C17H25ClN2O2/c1-3-17(4-2,13-5-7-14(18)8-6-13)12-20-16(21)15-11-19-9-10-22-15/h5-8,15,19H,3-4,9-12H2,1-2H3,(H,20,21). The van der Waals surface area contributed by atoms with E-state index >= 15 is 0 Å². The van der Waals surface area contributed by atoms with E-state index in [1.54, 1.807) is 0 Å². The highest BCUT2D eigenvalue weighted by Gasteiger charge is 2.30. The number of halogens is 1. The molecule has 0 bridgehead atoms. The van der Waals surface area contributed by atoms with Crippen molar-refractivity contribution >= 4 is 17.5 Å². The Labute approximate surface area is 137 Å². The Kier molecular flexibility index (Phi) is 6.24. The van der Waals surface area contributed by atoms with Gasteiger partial charge < -0.3 is 15.4 Å². The van der Waals surface area contributed by atoms with Crippen LogP contribution in [0.15, 0.2) is 24.3 Å². The summed E-state index contributed by atoms with van der Waals surface area (Å²) in [6.45, 7) is 6.90. The highest BCUT2D eigenvalue weighted by atomic mass is 35.5. The highest BCUT2D eigenvalue weighted by Crippen LogP contribution is 2.31. The lowest BCUT2D eigenvalue weighted by atomic mass is 9.76. The number of hydrogen-bond donors (Lipinski definition) is 2. The molecule has 0 aliphatic carbocycles. The zero-order valence-electron chi connectivity index (χ0n) is 13.3. The normalized spacial score (nSPS) is 19.0. The van der Waals surface area contributed by atoms with E-state index in [-0.39, 0.29) is 17.4 Å². The molecule has 1 saturated heterocycles. The van der Waals surface area contributed by atoms with Gasteiger partial charge in [-0.05, 0) is 30.5 Å². The molecule has 0 spiro atoms. The van der Waals surface area contributed by atoms with Gasteiger partial charge in [0.15, 0.2) is 0 Å².